The summed E-state index contributed by atoms with van der Waals surface area (Å²) in [5.41, 5.74) is 1.04. The van der Waals surface area contributed by atoms with Crippen LogP contribution < -0.4 is 16.6 Å². The number of pyridine rings is 1. The van der Waals surface area contributed by atoms with E-state index in [1.165, 1.54) is 12.1 Å². The lowest BCUT2D eigenvalue weighted by molar-refractivity contribution is -0.00568. The van der Waals surface area contributed by atoms with E-state index in [0.29, 0.717) is 0 Å². The minimum atomic E-state index is -3.01. The number of amides is 1. The Labute approximate surface area is 236 Å². The van der Waals surface area contributed by atoms with Gasteiger partial charge in [0, 0.05) is 44.0 Å². The standard InChI is InChI=1S/C18H16F5N3O2.C7H12FN.2C2H6/c19-14-9(2-1-3-10(14)15(20)21)7-25-16(28)11-8-26(13(27)6-12(11)24)18(4-5-18)17(22)23;8-7-1-4-9(5-2-7)6-3-7;2*1-2/h1-3,6,8,15,17H,4-5,7,24H2,(H,25,28);1-6H2;2*1-2H3. The SMILES string of the molecule is CC.CC.FC12CCN(CC1)CC2.Nc1cc(=O)n(C2(C(F)F)CC2)cc1C(=O)NCc1cccc(C(F)F)c1F. The van der Waals surface area contributed by atoms with Crippen LogP contribution in [0.4, 0.5) is 32.0 Å². The number of nitrogens with two attached hydrogens (primary N) is 1. The quantitative estimate of drug-likeness (QED) is 0.380. The van der Waals surface area contributed by atoms with E-state index in [1.54, 1.807) is 0 Å². The lowest BCUT2D eigenvalue weighted by atomic mass is 9.85. The first-order chi connectivity index (χ1) is 19.5. The molecule has 1 aromatic heterocycles. The molecular weight excluding hydrogens is 550 g/mol. The van der Waals surface area contributed by atoms with Gasteiger partial charge in [-0.05, 0) is 32.1 Å². The Balaban J connectivity index is 0.000000374. The van der Waals surface area contributed by atoms with E-state index in [1.807, 2.05) is 27.7 Å². The number of aromatic nitrogens is 1. The summed E-state index contributed by atoms with van der Waals surface area (Å²) in [6.07, 6.45) is -2.33. The maximum atomic E-state index is 14.0. The number of rotatable bonds is 6. The number of anilines is 1. The zero-order valence-electron chi connectivity index (χ0n) is 24.0. The number of halogens is 6. The number of carbonyl (C=O) groups excluding carboxylic acids is 1. The van der Waals surface area contributed by atoms with Crippen molar-refractivity contribution in [2.45, 2.75) is 90.4 Å². The molecule has 2 bridgehead atoms. The van der Waals surface area contributed by atoms with Gasteiger partial charge in [-0.25, -0.2) is 26.3 Å². The molecule has 0 spiro atoms. The number of nitrogens with one attached hydrogen (secondary N) is 1. The highest BCUT2D eigenvalue weighted by atomic mass is 19.3. The molecule has 1 saturated carbocycles. The van der Waals surface area contributed by atoms with Gasteiger partial charge >= 0.3 is 0 Å². The number of nitrogens with zero attached hydrogens (tertiary/aromatic N) is 2. The first kappa shape index (κ1) is 34.2. The van der Waals surface area contributed by atoms with Gasteiger partial charge in [0.1, 0.15) is 17.0 Å². The molecular formula is C29H40F6N4O2. The number of piperidine rings is 3. The van der Waals surface area contributed by atoms with E-state index in [9.17, 15) is 35.9 Å². The van der Waals surface area contributed by atoms with Gasteiger partial charge in [-0.2, -0.15) is 0 Å². The van der Waals surface area contributed by atoms with Crippen molar-refractivity contribution < 1.29 is 31.1 Å². The van der Waals surface area contributed by atoms with Crippen molar-refractivity contribution in [3.63, 3.8) is 0 Å². The van der Waals surface area contributed by atoms with Gasteiger partial charge in [0.25, 0.3) is 24.3 Å². The Morgan fingerprint density at radius 1 is 1.00 bits per heavy atom. The average Bonchev–Trinajstić information content (AvgIpc) is 3.77. The third kappa shape index (κ3) is 8.05. The Kier molecular flexibility index (Phi) is 12.3. The zero-order chi connectivity index (χ0) is 31.0. The summed E-state index contributed by atoms with van der Waals surface area (Å²) in [6, 6.07) is 4.25. The van der Waals surface area contributed by atoms with Crippen LogP contribution >= 0.6 is 0 Å². The summed E-state index contributed by atoms with van der Waals surface area (Å²) in [7, 11) is 0. The molecule has 2 aromatic rings. The first-order valence-electron chi connectivity index (χ1n) is 14.0. The van der Waals surface area contributed by atoms with Crippen molar-refractivity contribution in [1.82, 2.24) is 14.8 Å². The molecule has 0 atom stereocenters. The molecule has 0 radical (unpaired) electrons. The van der Waals surface area contributed by atoms with E-state index in [2.05, 4.69) is 10.2 Å². The molecule has 6 nitrogen and oxygen atoms in total. The molecule has 41 heavy (non-hydrogen) atoms. The minimum Gasteiger partial charge on any atom is -0.398 e. The second kappa shape index (κ2) is 14.7. The van der Waals surface area contributed by atoms with Crippen LogP contribution in [0.15, 0.2) is 35.3 Å². The summed E-state index contributed by atoms with van der Waals surface area (Å²) >= 11 is 0. The fraction of sp³-hybridized carbons (Fsp3) is 0.586. The molecule has 4 fully saturated rings. The highest BCUT2D eigenvalue weighted by Gasteiger charge is 2.53. The topological polar surface area (TPSA) is 80.4 Å². The van der Waals surface area contributed by atoms with Crippen LogP contribution in [0.5, 0.6) is 0 Å². The molecule has 4 heterocycles. The highest BCUT2D eigenvalue weighted by molar-refractivity contribution is 5.98. The number of hydrogen-bond donors (Lipinski definition) is 2. The Morgan fingerprint density at radius 3 is 2.00 bits per heavy atom. The number of hydrogen-bond acceptors (Lipinski definition) is 4. The number of carbonyl (C=O) groups is 1. The maximum Gasteiger partial charge on any atom is 0.266 e. The van der Waals surface area contributed by atoms with Crippen molar-refractivity contribution >= 4 is 11.6 Å². The summed E-state index contributed by atoms with van der Waals surface area (Å²) in [4.78, 5) is 26.8. The van der Waals surface area contributed by atoms with Crippen molar-refractivity contribution in [3.05, 3.63) is 63.3 Å². The monoisotopic (exact) mass is 590 g/mol. The van der Waals surface area contributed by atoms with E-state index in [4.69, 9.17) is 5.73 Å². The molecule has 1 aromatic carbocycles. The first-order valence-corrected chi connectivity index (χ1v) is 14.0. The Hall–Kier alpha value is -3.02. The molecule has 3 N–H and O–H groups in total. The molecule has 230 valence electrons. The van der Waals surface area contributed by atoms with Gasteiger partial charge < -0.3 is 20.5 Å². The summed E-state index contributed by atoms with van der Waals surface area (Å²) in [5, 5.41) is 2.30. The molecule has 1 amide bonds. The van der Waals surface area contributed by atoms with Crippen molar-refractivity contribution in [2.24, 2.45) is 0 Å². The van der Waals surface area contributed by atoms with Crippen LogP contribution in [-0.4, -0.2) is 47.1 Å². The van der Waals surface area contributed by atoms with Gasteiger partial charge in [-0.1, -0.05) is 45.9 Å². The number of alkyl halides is 5. The Bertz CT molecular complexity index is 1190. The lowest BCUT2D eigenvalue weighted by Crippen LogP contribution is -2.49. The van der Waals surface area contributed by atoms with Crippen molar-refractivity contribution in [1.29, 1.82) is 0 Å². The van der Waals surface area contributed by atoms with Gasteiger partial charge in [0.2, 0.25) is 0 Å². The van der Waals surface area contributed by atoms with Crippen molar-refractivity contribution in [2.75, 3.05) is 25.4 Å². The van der Waals surface area contributed by atoms with Crippen LogP contribution in [0, 0.1) is 5.82 Å². The predicted molar refractivity (Wildman–Crippen MR) is 148 cm³/mol. The lowest BCUT2D eigenvalue weighted by Gasteiger charge is -2.43. The highest BCUT2D eigenvalue weighted by Crippen LogP contribution is 2.47. The summed E-state index contributed by atoms with van der Waals surface area (Å²) in [5.74, 6) is -2.00. The molecule has 3 aliphatic heterocycles. The van der Waals surface area contributed by atoms with Gasteiger partial charge in [-0.3, -0.25) is 9.59 Å². The van der Waals surface area contributed by atoms with Gasteiger partial charge in [-0.15, -0.1) is 0 Å². The van der Waals surface area contributed by atoms with E-state index in [0.717, 1.165) is 61.8 Å². The van der Waals surface area contributed by atoms with E-state index < -0.39 is 53.5 Å². The maximum absolute atomic E-state index is 14.0. The predicted octanol–water partition coefficient (Wildman–Crippen LogP) is 6.44. The number of fused-ring (bicyclic) bond motifs is 3. The molecule has 6 rings (SSSR count). The number of benzene rings is 1. The average molecular weight is 591 g/mol. The van der Waals surface area contributed by atoms with Gasteiger partial charge in [0.15, 0.2) is 0 Å². The Morgan fingerprint density at radius 2 is 1.56 bits per heavy atom. The van der Waals surface area contributed by atoms with Crippen LogP contribution in [0.3, 0.4) is 0 Å². The molecule has 4 aliphatic rings. The summed E-state index contributed by atoms with van der Waals surface area (Å²) in [6.45, 7) is 10.6. The fourth-order valence-corrected chi connectivity index (χ4v) is 4.74. The largest absolute Gasteiger partial charge is 0.398 e. The summed E-state index contributed by atoms with van der Waals surface area (Å²) < 4.78 is 80.2. The van der Waals surface area contributed by atoms with Crippen LogP contribution in [0.1, 0.15) is 87.7 Å². The minimum absolute atomic E-state index is 0.0845. The van der Waals surface area contributed by atoms with E-state index in [-0.39, 0.29) is 29.7 Å². The molecule has 12 heteroatoms. The normalized spacial score (nSPS) is 21.5. The second-order valence-electron chi connectivity index (χ2n) is 9.80. The van der Waals surface area contributed by atoms with Crippen molar-refractivity contribution in [3.8, 4) is 0 Å². The van der Waals surface area contributed by atoms with Crippen LogP contribution in [0.25, 0.3) is 0 Å². The third-order valence-corrected chi connectivity index (χ3v) is 7.39. The van der Waals surface area contributed by atoms with Crippen LogP contribution in [-0.2, 0) is 12.1 Å². The second-order valence-corrected chi connectivity index (χ2v) is 9.80. The number of nitrogen functional groups attached to an aromatic ring is 1. The fourth-order valence-electron chi connectivity index (χ4n) is 4.74. The van der Waals surface area contributed by atoms with Crippen LogP contribution in [0.2, 0.25) is 0 Å². The molecule has 3 saturated heterocycles. The van der Waals surface area contributed by atoms with Gasteiger partial charge in [0.05, 0.1) is 16.8 Å². The molecule has 1 aliphatic carbocycles. The third-order valence-electron chi connectivity index (χ3n) is 7.39. The molecule has 0 unspecified atom stereocenters. The smallest absolute Gasteiger partial charge is 0.266 e. The van der Waals surface area contributed by atoms with E-state index >= 15 is 0 Å². The zero-order valence-corrected chi connectivity index (χ0v) is 24.0.